The van der Waals surface area contributed by atoms with Gasteiger partial charge in [-0.1, -0.05) is 0 Å². The Kier molecular flexibility index (Phi) is 10.2. The molecule has 0 radical (unpaired) electrons. The molecule has 0 heterocycles. The minimum absolute atomic E-state index is 0.700. The van der Waals surface area contributed by atoms with Crippen LogP contribution >= 0.6 is 0 Å². The van der Waals surface area contributed by atoms with Crippen molar-refractivity contribution in [2.45, 2.75) is 6.10 Å². The van der Waals surface area contributed by atoms with Crippen molar-refractivity contribution in [2.24, 2.45) is 0 Å². The SMILES string of the molecule is O=C(O)C(O)CO.[O]=[Mo]. The second-order valence-corrected chi connectivity index (χ2v) is 1.04. The monoisotopic (exact) mass is 220 g/mol. The van der Waals surface area contributed by atoms with Crippen LogP contribution in [-0.2, 0) is 28.0 Å². The third kappa shape index (κ3) is 7.88. The van der Waals surface area contributed by atoms with Crippen LogP contribution in [0.2, 0.25) is 0 Å². The van der Waals surface area contributed by atoms with E-state index in [1.807, 2.05) is 0 Å². The van der Waals surface area contributed by atoms with Gasteiger partial charge in [0.05, 0.1) is 6.61 Å². The number of aliphatic hydroxyl groups is 2. The van der Waals surface area contributed by atoms with Gasteiger partial charge in [-0.15, -0.1) is 0 Å². The third-order valence-electron chi connectivity index (χ3n) is 0.458. The Morgan fingerprint density at radius 3 is 1.89 bits per heavy atom. The summed E-state index contributed by atoms with van der Waals surface area (Å²) in [5.74, 6) is -1.40. The number of hydrogen-bond donors (Lipinski definition) is 3. The van der Waals surface area contributed by atoms with Gasteiger partial charge in [0, 0.05) is 0 Å². The second-order valence-electron chi connectivity index (χ2n) is 1.04. The molecule has 0 fully saturated rings. The molecule has 0 spiro atoms. The van der Waals surface area contributed by atoms with E-state index < -0.39 is 18.7 Å². The number of aliphatic carboxylic acids is 1. The van der Waals surface area contributed by atoms with Gasteiger partial charge in [0.1, 0.15) is 0 Å². The standard InChI is InChI=1S/C3H6O4.Mo.O/c4-1-2(5)3(6)7;;/h2,4-5H,1H2,(H,6,7);;. The molecule has 5 nitrogen and oxygen atoms in total. The number of carboxylic acids is 1. The molecule has 0 bridgehead atoms. The molecule has 1 atom stereocenters. The summed E-state index contributed by atoms with van der Waals surface area (Å²) in [6.45, 7) is -0.727. The molecule has 0 aliphatic rings. The van der Waals surface area contributed by atoms with Crippen molar-refractivity contribution in [1.29, 1.82) is 0 Å². The summed E-state index contributed by atoms with van der Waals surface area (Å²) in [4.78, 5) is 9.52. The predicted octanol–water partition coefficient (Wildman–Crippen LogP) is -1.70. The van der Waals surface area contributed by atoms with Gasteiger partial charge >= 0.3 is 29.1 Å². The molecular formula is C3H6MoO5. The van der Waals surface area contributed by atoms with E-state index >= 15 is 0 Å². The molecule has 0 amide bonds. The van der Waals surface area contributed by atoms with E-state index in [-0.39, 0.29) is 0 Å². The summed E-state index contributed by atoms with van der Waals surface area (Å²) in [6.07, 6.45) is -1.63. The Balaban J connectivity index is 0. The van der Waals surface area contributed by atoms with Crippen LogP contribution in [0, 0.1) is 0 Å². The molecule has 0 saturated heterocycles. The van der Waals surface area contributed by atoms with E-state index in [1.165, 1.54) is 0 Å². The topological polar surface area (TPSA) is 94.8 Å². The van der Waals surface area contributed by atoms with E-state index in [1.54, 1.807) is 0 Å². The number of carbonyl (C=O) groups is 1. The second kappa shape index (κ2) is 7.88. The van der Waals surface area contributed by atoms with E-state index in [0.29, 0.717) is 19.8 Å². The number of hydrogen-bond acceptors (Lipinski definition) is 4. The molecule has 0 aliphatic heterocycles. The molecule has 1 unspecified atom stereocenters. The average molecular weight is 218 g/mol. The normalized spacial score (nSPS) is 10.9. The first-order chi connectivity index (χ1) is 4.18. The van der Waals surface area contributed by atoms with Crippen LogP contribution in [0.1, 0.15) is 0 Å². The summed E-state index contributed by atoms with van der Waals surface area (Å²) in [5.41, 5.74) is 0. The fourth-order valence-corrected chi connectivity index (χ4v) is 0.0781. The van der Waals surface area contributed by atoms with Crippen molar-refractivity contribution in [1.82, 2.24) is 0 Å². The van der Waals surface area contributed by atoms with Gasteiger partial charge in [0.2, 0.25) is 0 Å². The van der Waals surface area contributed by atoms with Gasteiger partial charge < -0.3 is 15.3 Å². The molecule has 0 aromatic carbocycles. The Bertz CT molecular complexity index is 84.3. The number of carboxylic acid groups (broad SMARTS) is 1. The van der Waals surface area contributed by atoms with Crippen LogP contribution in [-0.4, -0.2) is 34.0 Å². The van der Waals surface area contributed by atoms with Gasteiger partial charge in [-0.2, -0.15) is 0 Å². The maximum absolute atomic E-state index is 9.52. The third-order valence-corrected chi connectivity index (χ3v) is 0.458. The van der Waals surface area contributed by atoms with Gasteiger partial charge in [-0.25, -0.2) is 4.79 Å². The van der Waals surface area contributed by atoms with Crippen molar-refractivity contribution >= 4 is 5.97 Å². The fraction of sp³-hybridized carbons (Fsp3) is 0.667. The molecule has 0 aromatic heterocycles. The van der Waals surface area contributed by atoms with E-state index in [2.05, 4.69) is 0 Å². The van der Waals surface area contributed by atoms with Crippen molar-refractivity contribution < 1.29 is 43.3 Å². The van der Waals surface area contributed by atoms with Crippen LogP contribution in [0.5, 0.6) is 0 Å². The molecule has 0 saturated carbocycles. The summed E-state index contributed by atoms with van der Waals surface area (Å²) < 4.78 is 8.26. The van der Waals surface area contributed by atoms with Crippen LogP contribution in [0.25, 0.3) is 0 Å². The Labute approximate surface area is 62.5 Å². The van der Waals surface area contributed by atoms with Crippen LogP contribution < -0.4 is 0 Å². The Morgan fingerprint density at radius 1 is 1.56 bits per heavy atom. The summed E-state index contributed by atoms with van der Waals surface area (Å²) >= 11 is 0.700. The Hall–Kier alpha value is -0.122. The molecule has 3 N–H and O–H groups in total. The van der Waals surface area contributed by atoms with E-state index in [0.717, 1.165) is 0 Å². The van der Waals surface area contributed by atoms with Crippen molar-refractivity contribution in [3.05, 3.63) is 0 Å². The van der Waals surface area contributed by atoms with Gasteiger partial charge in [-0.3, -0.25) is 0 Å². The first-order valence-electron chi connectivity index (χ1n) is 1.87. The number of aliphatic hydroxyl groups excluding tert-OH is 2. The van der Waals surface area contributed by atoms with Crippen molar-refractivity contribution in [2.75, 3.05) is 6.61 Å². The van der Waals surface area contributed by atoms with Crippen LogP contribution in [0.3, 0.4) is 0 Å². The molecular weight excluding hydrogens is 212 g/mol. The van der Waals surface area contributed by atoms with Gasteiger partial charge in [0.25, 0.3) is 0 Å². The van der Waals surface area contributed by atoms with Crippen LogP contribution in [0.4, 0.5) is 0 Å². The minimum atomic E-state index is -1.63. The van der Waals surface area contributed by atoms with Gasteiger partial charge in [-0.05, 0) is 0 Å². The van der Waals surface area contributed by atoms with Crippen molar-refractivity contribution in [3.8, 4) is 0 Å². The summed E-state index contributed by atoms with van der Waals surface area (Å²) in [5, 5.41) is 23.7. The first-order valence-corrected chi connectivity index (χ1v) is 2.69. The Morgan fingerprint density at radius 2 is 1.89 bits per heavy atom. The summed E-state index contributed by atoms with van der Waals surface area (Å²) in [6, 6.07) is 0. The molecule has 0 rings (SSSR count). The first kappa shape index (κ1) is 11.6. The number of rotatable bonds is 2. The zero-order chi connectivity index (χ0) is 7.86. The van der Waals surface area contributed by atoms with Gasteiger partial charge in [0.15, 0.2) is 6.10 Å². The quantitative estimate of drug-likeness (QED) is 0.480. The predicted molar refractivity (Wildman–Crippen MR) is 21.4 cm³/mol. The molecule has 9 heavy (non-hydrogen) atoms. The van der Waals surface area contributed by atoms with E-state index in [9.17, 15) is 4.79 Å². The maximum atomic E-state index is 9.52. The molecule has 6 heteroatoms. The van der Waals surface area contributed by atoms with Crippen LogP contribution in [0.15, 0.2) is 0 Å². The molecule has 54 valence electrons. The molecule has 0 aliphatic carbocycles. The van der Waals surface area contributed by atoms with Crippen molar-refractivity contribution in [3.63, 3.8) is 0 Å². The zero-order valence-corrected chi connectivity index (χ0v) is 6.36. The zero-order valence-electron chi connectivity index (χ0n) is 4.35. The fourth-order valence-electron chi connectivity index (χ4n) is 0.0781. The van der Waals surface area contributed by atoms with E-state index in [4.69, 9.17) is 18.7 Å². The average Bonchev–Trinajstić information content (AvgIpc) is 1.91. The summed E-state index contributed by atoms with van der Waals surface area (Å²) in [7, 11) is 0. The molecule has 0 aromatic rings.